The van der Waals surface area contributed by atoms with Crippen molar-refractivity contribution in [3.63, 3.8) is 0 Å². The zero-order chi connectivity index (χ0) is 15.9. The predicted octanol–water partition coefficient (Wildman–Crippen LogP) is 3.86. The van der Waals surface area contributed by atoms with E-state index in [9.17, 15) is 4.79 Å². The van der Waals surface area contributed by atoms with Crippen molar-refractivity contribution in [3.05, 3.63) is 66.2 Å². The number of amides is 1. The second-order valence-electron chi connectivity index (χ2n) is 5.98. The van der Waals surface area contributed by atoms with Gasteiger partial charge >= 0.3 is 0 Å². The SMILES string of the molecule is O=C(CCOc1ccccc1)N1CCC(c2ccccc2)CC1. The normalized spacial score (nSPS) is 15.4. The molecule has 0 atom stereocenters. The quantitative estimate of drug-likeness (QED) is 0.839. The summed E-state index contributed by atoms with van der Waals surface area (Å²) in [6, 6.07) is 20.3. The highest BCUT2D eigenvalue weighted by molar-refractivity contribution is 5.76. The molecule has 0 unspecified atom stereocenters. The second kappa shape index (κ2) is 7.82. The van der Waals surface area contributed by atoms with Gasteiger partial charge in [-0.3, -0.25) is 4.79 Å². The number of benzene rings is 2. The number of nitrogens with zero attached hydrogens (tertiary/aromatic N) is 1. The number of carbonyl (C=O) groups is 1. The second-order valence-corrected chi connectivity index (χ2v) is 5.98. The van der Waals surface area contributed by atoms with Gasteiger partial charge < -0.3 is 9.64 Å². The van der Waals surface area contributed by atoms with Crippen molar-refractivity contribution in [1.82, 2.24) is 4.90 Å². The molecule has 3 nitrogen and oxygen atoms in total. The van der Waals surface area contributed by atoms with E-state index in [0.717, 1.165) is 31.7 Å². The lowest BCUT2D eigenvalue weighted by Crippen LogP contribution is -2.38. The van der Waals surface area contributed by atoms with E-state index in [2.05, 4.69) is 30.3 Å². The zero-order valence-electron chi connectivity index (χ0n) is 13.4. The van der Waals surface area contributed by atoms with E-state index in [1.807, 2.05) is 35.2 Å². The Morgan fingerprint density at radius 2 is 1.57 bits per heavy atom. The maximum atomic E-state index is 12.3. The molecule has 0 saturated carbocycles. The Kier molecular flexibility index (Phi) is 5.30. The van der Waals surface area contributed by atoms with Crippen LogP contribution in [-0.2, 0) is 4.79 Å². The third-order valence-corrected chi connectivity index (χ3v) is 4.45. The first-order valence-electron chi connectivity index (χ1n) is 8.33. The lowest BCUT2D eigenvalue weighted by molar-refractivity contribution is -0.132. The first-order valence-corrected chi connectivity index (χ1v) is 8.33. The summed E-state index contributed by atoms with van der Waals surface area (Å²) in [5, 5.41) is 0. The molecule has 0 aliphatic carbocycles. The van der Waals surface area contributed by atoms with E-state index in [1.165, 1.54) is 5.56 Å². The highest BCUT2D eigenvalue weighted by atomic mass is 16.5. The monoisotopic (exact) mass is 309 g/mol. The number of rotatable bonds is 5. The lowest BCUT2D eigenvalue weighted by atomic mass is 9.89. The van der Waals surface area contributed by atoms with E-state index in [1.54, 1.807) is 0 Å². The van der Waals surface area contributed by atoms with Gasteiger partial charge in [0.2, 0.25) is 5.91 Å². The van der Waals surface area contributed by atoms with E-state index in [0.29, 0.717) is 18.9 Å². The summed E-state index contributed by atoms with van der Waals surface area (Å²) >= 11 is 0. The summed E-state index contributed by atoms with van der Waals surface area (Å²) in [5.74, 6) is 1.61. The molecule has 0 radical (unpaired) electrons. The fourth-order valence-electron chi connectivity index (χ4n) is 3.12. The van der Waals surface area contributed by atoms with Crippen molar-refractivity contribution >= 4 is 5.91 Å². The van der Waals surface area contributed by atoms with Gasteiger partial charge in [0.25, 0.3) is 0 Å². The van der Waals surface area contributed by atoms with Gasteiger partial charge in [-0.1, -0.05) is 48.5 Å². The number of piperidine rings is 1. The molecule has 1 aliphatic rings. The first-order chi connectivity index (χ1) is 11.3. The smallest absolute Gasteiger partial charge is 0.225 e. The molecule has 1 fully saturated rings. The Labute approximate surface area is 137 Å². The zero-order valence-corrected chi connectivity index (χ0v) is 13.4. The fourth-order valence-corrected chi connectivity index (χ4v) is 3.12. The average molecular weight is 309 g/mol. The molecule has 23 heavy (non-hydrogen) atoms. The minimum atomic E-state index is 0.201. The van der Waals surface area contributed by atoms with Gasteiger partial charge in [-0.2, -0.15) is 0 Å². The topological polar surface area (TPSA) is 29.5 Å². The molecule has 0 bridgehead atoms. The van der Waals surface area contributed by atoms with Gasteiger partial charge in [0, 0.05) is 13.1 Å². The van der Waals surface area contributed by atoms with Crippen LogP contribution in [0.15, 0.2) is 60.7 Å². The van der Waals surface area contributed by atoms with Crippen molar-refractivity contribution < 1.29 is 9.53 Å². The molecular formula is C20H23NO2. The molecule has 2 aromatic carbocycles. The molecule has 1 saturated heterocycles. The molecule has 1 amide bonds. The van der Waals surface area contributed by atoms with E-state index < -0.39 is 0 Å². The highest BCUT2D eigenvalue weighted by Crippen LogP contribution is 2.27. The Balaban J connectivity index is 1.41. The van der Waals surface area contributed by atoms with Crippen molar-refractivity contribution in [1.29, 1.82) is 0 Å². The Morgan fingerprint density at radius 3 is 2.22 bits per heavy atom. The number of carbonyl (C=O) groups excluding carboxylic acids is 1. The van der Waals surface area contributed by atoms with E-state index >= 15 is 0 Å². The van der Waals surface area contributed by atoms with Crippen LogP contribution in [0.25, 0.3) is 0 Å². The Bertz CT molecular complexity index is 604. The van der Waals surface area contributed by atoms with Gasteiger partial charge in [-0.05, 0) is 36.5 Å². The van der Waals surface area contributed by atoms with E-state index in [4.69, 9.17) is 4.74 Å². The molecule has 0 spiro atoms. The van der Waals surface area contributed by atoms with Crippen LogP contribution in [0.4, 0.5) is 0 Å². The molecule has 0 N–H and O–H groups in total. The van der Waals surface area contributed by atoms with Crippen LogP contribution in [0, 0.1) is 0 Å². The van der Waals surface area contributed by atoms with Gasteiger partial charge in [-0.25, -0.2) is 0 Å². The van der Waals surface area contributed by atoms with Gasteiger partial charge in [0.1, 0.15) is 5.75 Å². The summed E-state index contributed by atoms with van der Waals surface area (Å²) < 4.78 is 5.61. The van der Waals surface area contributed by atoms with Crippen molar-refractivity contribution in [2.24, 2.45) is 0 Å². The fraction of sp³-hybridized carbons (Fsp3) is 0.350. The van der Waals surface area contributed by atoms with Crippen molar-refractivity contribution in [2.45, 2.75) is 25.2 Å². The molecule has 1 aliphatic heterocycles. The van der Waals surface area contributed by atoms with Crippen LogP contribution in [0.1, 0.15) is 30.7 Å². The van der Waals surface area contributed by atoms with Crippen LogP contribution in [-0.4, -0.2) is 30.5 Å². The number of hydrogen-bond acceptors (Lipinski definition) is 2. The lowest BCUT2D eigenvalue weighted by Gasteiger charge is -2.32. The summed E-state index contributed by atoms with van der Waals surface area (Å²) in [7, 11) is 0. The van der Waals surface area contributed by atoms with Crippen LogP contribution >= 0.6 is 0 Å². The number of hydrogen-bond donors (Lipinski definition) is 0. The Hall–Kier alpha value is -2.29. The molecule has 0 aromatic heterocycles. The maximum Gasteiger partial charge on any atom is 0.225 e. The molecule has 120 valence electrons. The standard InChI is InChI=1S/C20H23NO2/c22-20(13-16-23-19-9-5-2-6-10-19)21-14-11-18(12-15-21)17-7-3-1-4-8-17/h1-10,18H,11-16H2. The van der Waals surface area contributed by atoms with Gasteiger partial charge in [0.15, 0.2) is 0 Å². The molecule has 2 aromatic rings. The molecule has 3 heteroatoms. The van der Waals surface area contributed by atoms with Gasteiger partial charge in [0.05, 0.1) is 13.0 Å². The first kappa shape index (κ1) is 15.6. The maximum absolute atomic E-state index is 12.3. The minimum absolute atomic E-state index is 0.201. The minimum Gasteiger partial charge on any atom is -0.493 e. The Morgan fingerprint density at radius 1 is 0.957 bits per heavy atom. The van der Waals surface area contributed by atoms with Crippen molar-refractivity contribution in [2.75, 3.05) is 19.7 Å². The molecular weight excluding hydrogens is 286 g/mol. The largest absolute Gasteiger partial charge is 0.493 e. The van der Waals surface area contributed by atoms with Gasteiger partial charge in [-0.15, -0.1) is 0 Å². The number of para-hydroxylation sites is 1. The summed E-state index contributed by atoms with van der Waals surface area (Å²) in [6.45, 7) is 2.15. The average Bonchev–Trinajstić information content (AvgIpc) is 2.63. The summed E-state index contributed by atoms with van der Waals surface area (Å²) in [6.07, 6.45) is 2.55. The van der Waals surface area contributed by atoms with Crippen molar-refractivity contribution in [3.8, 4) is 5.75 Å². The number of ether oxygens (including phenoxy) is 1. The third-order valence-electron chi connectivity index (χ3n) is 4.45. The van der Waals surface area contributed by atoms with Crippen LogP contribution in [0.5, 0.6) is 5.75 Å². The number of likely N-dealkylation sites (tertiary alicyclic amines) is 1. The van der Waals surface area contributed by atoms with E-state index in [-0.39, 0.29) is 5.91 Å². The van der Waals surface area contributed by atoms with Crippen LogP contribution in [0.2, 0.25) is 0 Å². The predicted molar refractivity (Wildman–Crippen MR) is 91.6 cm³/mol. The van der Waals surface area contributed by atoms with Crippen LogP contribution in [0.3, 0.4) is 0 Å². The summed E-state index contributed by atoms with van der Waals surface area (Å²) in [5.41, 5.74) is 1.40. The summed E-state index contributed by atoms with van der Waals surface area (Å²) in [4.78, 5) is 14.3. The van der Waals surface area contributed by atoms with Crippen LogP contribution < -0.4 is 4.74 Å². The highest BCUT2D eigenvalue weighted by Gasteiger charge is 2.23. The molecule has 3 rings (SSSR count). The molecule has 1 heterocycles. The third kappa shape index (κ3) is 4.35.